The number of hydrogen-bond acceptors (Lipinski definition) is 7. The summed E-state index contributed by atoms with van der Waals surface area (Å²) in [6.45, 7) is 9.86. The third-order valence-electron chi connectivity index (χ3n) is 7.72. The molecule has 0 aliphatic carbocycles. The number of aliphatic hydroxyl groups excluding tert-OH is 1. The molecule has 1 saturated heterocycles. The van der Waals surface area contributed by atoms with Crippen LogP contribution in [0, 0.1) is 11.3 Å². The van der Waals surface area contributed by atoms with Gasteiger partial charge < -0.3 is 29.4 Å². The Labute approximate surface area is 252 Å². The zero-order valence-corrected chi connectivity index (χ0v) is 25.6. The molecule has 2 aliphatic rings. The first-order chi connectivity index (χ1) is 20.5. The van der Waals surface area contributed by atoms with Crippen LogP contribution in [0.1, 0.15) is 58.1 Å². The highest BCUT2D eigenvalue weighted by Crippen LogP contribution is 2.34. The van der Waals surface area contributed by atoms with Crippen LogP contribution in [-0.2, 0) is 14.3 Å². The quantitative estimate of drug-likeness (QED) is 0.405. The van der Waals surface area contributed by atoms with Crippen molar-refractivity contribution in [1.29, 1.82) is 5.26 Å². The molecule has 1 unspecified atom stereocenters. The Morgan fingerprint density at radius 2 is 1.93 bits per heavy atom. The summed E-state index contributed by atoms with van der Waals surface area (Å²) in [7, 11) is 1.71. The first-order valence-corrected chi connectivity index (χ1v) is 14.6. The molecule has 1 atom stereocenters. The highest BCUT2D eigenvalue weighted by atomic mass is 16.5. The summed E-state index contributed by atoms with van der Waals surface area (Å²) in [5.74, 6) is 0.261. The number of piperidine rings is 1. The maximum atomic E-state index is 12.0. The fourth-order valence-electron chi connectivity index (χ4n) is 4.99. The fourth-order valence-corrected chi connectivity index (χ4v) is 4.99. The van der Waals surface area contributed by atoms with Gasteiger partial charge in [0.25, 0.3) is 5.91 Å². The minimum Gasteiger partial charge on any atom is -0.489 e. The standard InChI is InChI=1S/C28H29N5O4.C5H12O/c1-18(35)28(36)33-10-6-23(7-11-33)37-26-3-2-20(12-21(26)14-29)25-16-31-27-24(25)13-22(15-30-27)19-4-8-32(17-34)9-5-19;1-5(2,3)6-4/h2-4,12-13,15-18,23,35H,5-11H2,1H3,(H,30,31);1-4H3. The molecule has 0 saturated carbocycles. The fraction of sp³-hybridized carbons (Fsp3) is 0.455. The van der Waals surface area contributed by atoms with E-state index in [-0.39, 0.29) is 17.6 Å². The largest absolute Gasteiger partial charge is 0.489 e. The van der Waals surface area contributed by atoms with Crippen LogP contribution in [0.2, 0.25) is 0 Å². The van der Waals surface area contributed by atoms with Crippen molar-refractivity contribution < 1.29 is 24.2 Å². The van der Waals surface area contributed by atoms with E-state index in [1.807, 2.05) is 51.4 Å². The van der Waals surface area contributed by atoms with Crippen molar-refractivity contribution in [2.75, 3.05) is 33.3 Å². The number of rotatable bonds is 6. The summed E-state index contributed by atoms with van der Waals surface area (Å²) in [6.07, 6.45) is 7.65. The number of likely N-dealkylation sites (tertiary alicyclic amines) is 1. The molecule has 10 heteroatoms. The second kappa shape index (κ2) is 13.8. The SMILES string of the molecule is CC(O)C(=O)N1CCC(Oc2ccc(-c3c[nH]c4ncc(C5=CCN(C=O)CC5)cc34)cc2C#N)CC1.COC(C)(C)C. The lowest BCUT2D eigenvalue weighted by Gasteiger charge is -2.33. The van der Waals surface area contributed by atoms with Gasteiger partial charge in [-0.3, -0.25) is 9.59 Å². The van der Waals surface area contributed by atoms with Gasteiger partial charge in [0, 0.05) is 69.5 Å². The number of aromatic amines is 1. The van der Waals surface area contributed by atoms with Crippen molar-refractivity contribution in [3.63, 3.8) is 0 Å². The molecule has 0 spiro atoms. The second-order valence-corrected chi connectivity index (χ2v) is 11.9. The molecule has 2 aliphatic heterocycles. The van der Waals surface area contributed by atoms with Crippen molar-refractivity contribution in [1.82, 2.24) is 19.8 Å². The molecular weight excluding hydrogens is 546 g/mol. The van der Waals surface area contributed by atoms with Gasteiger partial charge >= 0.3 is 0 Å². The Hall–Kier alpha value is -4.20. The van der Waals surface area contributed by atoms with Crippen molar-refractivity contribution in [3.05, 3.63) is 53.9 Å². The van der Waals surface area contributed by atoms with Crippen molar-refractivity contribution in [2.24, 2.45) is 0 Å². The minimum atomic E-state index is -1.00. The second-order valence-electron chi connectivity index (χ2n) is 11.9. The van der Waals surface area contributed by atoms with Gasteiger partial charge in [0.2, 0.25) is 6.41 Å². The zero-order valence-electron chi connectivity index (χ0n) is 25.6. The summed E-state index contributed by atoms with van der Waals surface area (Å²) in [6, 6.07) is 9.97. The number of benzene rings is 1. The number of H-pyrrole nitrogens is 1. The van der Waals surface area contributed by atoms with Gasteiger partial charge in [-0.1, -0.05) is 12.1 Å². The summed E-state index contributed by atoms with van der Waals surface area (Å²) < 4.78 is 11.1. The van der Waals surface area contributed by atoms with Crippen molar-refractivity contribution in [3.8, 4) is 22.9 Å². The molecule has 1 fully saturated rings. The van der Waals surface area contributed by atoms with Gasteiger partial charge in [0.1, 0.15) is 29.7 Å². The molecule has 2 amide bonds. The van der Waals surface area contributed by atoms with E-state index >= 15 is 0 Å². The van der Waals surface area contributed by atoms with E-state index in [0.717, 1.165) is 40.6 Å². The van der Waals surface area contributed by atoms with E-state index in [2.05, 4.69) is 28.2 Å². The van der Waals surface area contributed by atoms with Gasteiger partial charge in [0.05, 0.1) is 11.2 Å². The molecule has 3 aromatic rings. The number of aliphatic hydroxyl groups is 1. The lowest BCUT2D eigenvalue weighted by molar-refractivity contribution is -0.141. The Kier molecular flexibility index (Phi) is 10.2. The molecule has 5 rings (SSSR count). The highest BCUT2D eigenvalue weighted by molar-refractivity contribution is 5.95. The predicted octanol–water partition coefficient (Wildman–Crippen LogP) is 4.53. The Balaban J connectivity index is 0.000000641. The summed E-state index contributed by atoms with van der Waals surface area (Å²) in [5.41, 5.74) is 5.28. The number of ether oxygens (including phenoxy) is 2. The number of carbonyl (C=O) groups excluding carboxylic acids is 2. The van der Waals surface area contributed by atoms with E-state index in [0.29, 0.717) is 50.3 Å². The number of nitriles is 1. The van der Waals surface area contributed by atoms with Gasteiger partial charge in [-0.2, -0.15) is 5.26 Å². The molecule has 1 aromatic carbocycles. The number of aromatic nitrogens is 2. The van der Waals surface area contributed by atoms with E-state index in [9.17, 15) is 20.0 Å². The van der Waals surface area contributed by atoms with Crippen LogP contribution in [0.3, 0.4) is 0 Å². The van der Waals surface area contributed by atoms with E-state index in [1.54, 1.807) is 16.9 Å². The molecule has 2 N–H and O–H groups in total. The highest BCUT2D eigenvalue weighted by Gasteiger charge is 2.26. The minimum absolute atomic E-state index is 0.0417. The van der Waals surface area contributed by atoms with Crippen LogP contribution >= 0.6 is 0 Å². The van der Waals surface area contributed by atoms with Gasteiger partial charge in [0.15, 0.2) is 0 Å². The topological polar surface area (TPSA) is 132 Å². The summed E-state index contributed by atoms with van der Waals surface area (Å²) >= 11 is 0. The van der Waals surface area contributed by atoms with Crippen LogP contribution in [-0.4, -0.2) is 88.3 Å². The Bertz CT molecular complexity index is 1510. The molecule has 4 heterocycles. The lowest BCUT2D eigenvalue weighted by Crippen LogP contribution is -2.45. The van der Waals surface area contributed by atoms with Gasteiger partial charge in [-0.25, -0.2) is 4.98 Å². The third kappa shape index (κ3) is 8.00. The molecule has 0 bridgehead atoms. The Morgan fingerprint density at radius 3 is 2.51 bits per heavy atom. The number of nitrogens with zero attached hydrogens (tertiary/aromatic N) is 4. The molecule has 228 valence electrons. The first-order valence-electron chi connectivity index (χ1n) is 14.6. The maximum Gasteiger partial charge on any atom is 0.251 e. The molecular formula is C33H41N5O5. The smallest absolute Gasteiger partial charge is 0.251 e. The maximum absolute atomic E-state index is 12.0. The number of amides is 2. The van der Waals surface area contributed by atoms with Crippen molar-refractivity contribution in [2.45, 2.75) is 64.8 Å². The van der Waals surface area contributed by atoms with Crippen LogP contribution in [0.15, 0.2) is 42.7 Å². The van der Waals surface area contributed by atoms with E-state index in [1.165, 1.54) is 12.5 Å². The van der Waals surface area contributed by atoms with Crippen LogP contribution in [0.5, 0.6) is 5.75 Å². The van der Waals surface area contributed by atoms with Gasteiger partial charge in [-0.15, -0.1) is 0 Å². The van der Waals surface area contributed by atoms with E-state index < -0.39 is 6.10 Å². The first kappa shape index (κ1) is 31.7. The number of hydrogen-bond donors (Lipinski definition) is 2. The number of methoxy groups -OCH3 is 1. The molecule has 10 nitrogen and oxygen atoms in total. The van der Waals surface area contributed by atoms with Crippen LogP contribution in [0.25, 0.3) is 27.7 Å². The summed E-state index contributed by atoms with van der Waals surface area (Å²) in [4.78, 5) is 34.2. The van der Waals surface area contributed by atoms with Crippen LogP contribution < -0.4 is 4.74 Å². The van der Waals surface area contributed by atoms with Crippen molar-refractivity contribution >= 4 is 28.9 Å². The number of pyridine rings is 1. The van der Waals surface area contributed by atoms with Gasteiger partial charge in [-0.05, 0) is 69.0 Å². The Morgan fingerprint density at radius 1 is 1.21 bits per heavy atom. The average Bonchev–Trinajstić information content (AvgIpc) is 3.44. The summed E-state index contributed by atoms with van der Waals surface area (Å²) in [5, 5.41) is 20.3. The monoisotopic (exact) mass is 587 g/mol. The number of fused-ring (bicyclic) bond motifs is 1. The number of nitrogens with one attached hydrogen (secondary N) is 1. The van der Waals surface area contributed by atoms with E-state index in [4.69, 9.17) is 9.47 Å². The third-order valence-corrected chi connectivity index (χ3v) is 7.72. The van der Waals surface area contributed by atoms with Crippen LogP contribution in [0.4, 0.5) is 0 Å². The normalized spacial score (nSPS) is 16.5. The molecule has 43 heavy (non-hydrogen) atoms. The average molecular weight is 588 g/mol. The molecule has 2 aromatic heterocycles. The molecule has 0 radical (unpaired) electrons. The lowest BCUT2D eigenvalue weighted by atomic mass is 9.98. The number of carbonyl (C=O) groups is 2. The zero-order chi connectivity index (χ0) is 31.1. The predicted molar refractivity (Wildman–Crippen MR) is 165 cm³/mol.